The first-order chi connectivity index (χ1) is 11.1. The summed E-state index contributed by atoms with van der Waals surface area (Å²) in [4.78, 5) is 27.9. The summed E-state index contributed by atoms with van der Waals surface area (Å²) in [5.74, 6) is -0.687. The van der Waals surface area contributed by atoms with Crippen molar-refractivity contribution >= 4 is 11.8 Å². The normalized spacial score (nSPS) is 24.3. The van der Waals surface area contributed by atoms with Crippen molar-refractivity contribution in [3.05, 3.63) is 35.6 Å². The van der Waals surface area contributed by atoms with E-state index in [0.717, 1.165) is 0 Å². The van der Waals surface area contributed by atoms with E-state index in [-0.39, 0.29) is 24.0 Å². The van der Waals surface area contributed by atoms with Crippen LogP contribution in [0.5, 0.6) is 0 Å². The van der Waals surface area contributed by atoms with Crippen molar-refractivity contribution < 1.29 is 18.7 Å². The highest BCUT2D eigenvalue weighted by Crippen LogP contribution is 2.24. The molecule has 2 fully saturated rings. The van der Waals surface area contributed by atoms with Crippen molar-refractivity contribution in [3.8, 4) is 0 Å². The molecule has 7 heteroatoms. The third-order valence-electron chi connectivity index (χ3n) is 4.40. The SMILES string of the molecule is CNC(=O)CN1CCO[C@H]2CN(C(=O)c3cccc(F)c3)C[C@H]21. The fourth-order valence-corrected chi connectivity index (χ4v) is 3.19. The van der Waals surface area contributed by atoms with Gasteiger partial charge in [0.1, 0.15) is 5.82 Å². The molecule has 2 amide bonds. The van der Waals surface area contributed by atoms with Gasteiger partial charge in [-0.25, -0.2) is 4.39 Å². The molecule has 0 aromatic heterocycles. The van der Waals surface area contributed by atoms with Gasteiger partial charge < -0.3 is 15.0 Å². The highest BCUT2D eigenvalue weighted by atomic mass is 19.1. The summed E-state index contributed by atoms with van der Waals surface area (Å²) in [6.45, 7) is 2.45. The van der Waals surface area contributed by atoms with E-state index in [2.05, 4.69) is 5.32 Å². The summed E-state index contributed by atoms with van der Waals surface area (Å²) in [6.07, 6.45) is -0.106. The first kappa shape index (κ1) is 15.9. The van der Waals surface area contributed by atoms with Crippen molar-refractivity contribution in [2.24, 2.45) is 0 Å². The molecule has 1 aromatic rings. The molecule has 2 atom stereocenters. The summed E-state index contributed by atoms with van der Waals surface area (Å²) in [6, 6.07) is 5.69. The molecule has 0 unspecified atom stereocenters. The Labute approximate surface area is 134 Å². The van der Waals surface area contributed by atoms with Crippen molar-refractivity contribution in [2.45, 2.75) is 12.1 Å². The molecule has 0 radical (unpaired) electrons. The van der Waals surface area contributed by atoms with E-state index in [0.29, 0.717) is 38.3 Å². The number of nitrogens with one attached hydrogen (secondary N) is 1. The van der Waals surface area contributed by atoms with Gasteiger partial charge in [0.2, 0.25) is 5.91 Å². The van der Waals surface area contributed by atoms with Gasteiger partial charge in [0.05, 0.1) is 25.3 Å². The van der Waals surface area contributed by atoms with Gasteiger partial charge in [0.25, 0.3) is 5.91 Å². The van der Waals surface area contributed by atoms with E-state index in [9.17, 15) is 14.0 Å². The van der Waals surface area contributed by atoms with Crippen LogP contribution in [0.3, 0.4) is 0 Å². The Kier molecular flexibility index (Phi) is 4.58. The van der Waals surface area contributed by atoms with Gasteiger partial charge in [-0.1, -0.05) is 6.07 Å². The molecule has 0 spiro atoms. The summed E-state index contributed by atoms with van der Waals surface area (Å²) < 4.78 is 19.1. The van der Waals surface area contributed by atoms with E-state index in [1.165, 1.54) is 18.2 Å². The minimum Gasteiger partial charge on any atom is -0.373 e. The second kappa shape index (κ2) is 6.64. The summed E-state index contributed by atoms with van der Waals surface area (Å²) >= 11 is 0. The number of nitrogens with zero attached hydrogens (tertiary/aromatic N) is 2. The Morgan fingerprint density at radius 3 is 2.96 bits per heavy atom. The topological polar surface area (TPSA) is 61.9 Å². The predicted molar refractivity (Wildman–Crippen MR) is 81.5 cm³/mol. The van der Waals surface area contributed by atoms with E-state index in [4.69, 9.17) is 4.74 Å². The molecular formula is C16H20FN3O3. The monoisotopic (exact) mass is 321 g/mol. The zero-order valence-corrected chi connectivity index (χ0v) is 13.0. The summed E-state index contributed by atoms with van der Waals surface area (Å²) in [7, 11) is 1.61. The van der Waals surface area contributed by atoms with Gasteiger partial charge in [-0.3, -0.25) is 14.5 Å². The number of hydrogen-bond donors (Lipinski definition) is 1. The molecule has 0 saturated carbocycles. The maximum absolute atomic E-state index is 13.3. The van der Waals surface area contributed by atoms with Crippen molar-refractivity contribution in [1.29, 1.82) is 0 Å². The van der Waals surface area contributed by atoms with Crippen LogP contribution in [0.15, 0.2) is 24.3 Å². The first-order valence-electron chi connectivity index (χ1n) is 7.69. The van der Waals surface area contributed by atoms with Gasteiger partial charge in [-0.2, -0.15) is 0 Å². The zero-order chi connectivity index (χ0) is 16.4. The molecule has 124 valence electrons. The minimum absolute atomic E-state index is 0.00133. The fraction of sp³-hybridized carbons (Fsp3) is 0.500. The average Bonchev–Trinajstić information content (AvgIpc) is 2.99. The second-order valence-corrected chi connectivity index (χ2v) is 5.84. The summed E-state index contributed by atoms with van der Waals surface area (Å²) in [5, 5.41) is 2.61. The van der Waals surface area contributed by atoms with Gasteiger partial charge in [0.15, 0.2) is 0 Å². The lowest BCUT2D eigenvalue weighted by Crippen LogP contribution is -2.53. The molecular weight excluding hydrogens is 301 g/mol. The number of carbonyl (C=O) groups is 2. The quantitative estimate of drug-likeness (QED) is 0.858. The van der Waals surface area contributed by atoms with Crippen LogP contribution in [0, 0.1) is 5.82 Å². The highest BCUT2D eigenvalue weighted by molar-refractivity contribution is 5.94. The van der Waals surface area contributed by atoms with Crippen LogP contribution in [0.25, 0.3) is 0 Å². The van der Waals surface area contributed by atoms with Crippen LogP contribution in [-0.2, 0) is 9.53 Å². The third-order valence-corrected chi connectivity index (χ3v) is 4.40. The minimum atomic E-state index is -0.426. The van der Waals surface area contributed by atoms with Crippen LogP contribution >= 0.6 is 0 Å². The Balaban J connectivity index is 1.70. The van der Waals surface area contributed by atoms with Crippen LogP contribution in [0.2, 0.25) is 0 Å². The van der Waals surface area contributed by atoms with E-state index < -0.39 is 5.82 Å². The maximum Gasteiger partial charge on any atom is 0.254 e. The molecule has 3 rings (SSSR count). The van der Waals surface area contributed by atoms with E-state index in [1.807, 2.05) is 4.90 Å². The number of likely N-dealkylation sites (tertiary alicyclic amines) is 1. The lowest BCUT2D eigenvalue weighted by atomic mass is 10.1. The number of hydrogen-bond acceptors (Lipinski definition) is 4. The van der Waals surface area contributed by atoms with Crippen LogP contribution in [0.4, 0.5) is 4.39 Å². The standard InChI is InChI=1S/C16H20FN3O3/c1-18-15(21)10-19-5-6-23-14-9-20(8-13(14)19)16(22)11-3-2-4-12(17)7-11/h2-4,7,13-14H,5-6,8-10H2,1H3,(H,18,21)/t13-,14+/m1/s1. The number of ether oxygens (including phenoxy) is 1. The van der Waals surface area contributed by atoms with E-state index in [1.54, 1.807) is 18.0 Å². The Hall–Kier alpha value is -1.99. The number of halogens is 1. The number of carbonyl (C=O) groups excluding carboxylic acids is 2. The molecule has 0 bridgehead atoms. The Bertz CT molecular complexity index is 610. The maximum atomic E-state index is 13.3. The molecule has 2 saturated heterocycles. The van der Waals surface area contributed by atoms with Gasteiger partial charge in [0, 0.05) is 32.2 Å². The van der Waals surface area contributed by atoms with Crippen LogP contribution in [-0.4, -0.2) is 73.6 Å². The molecule has 0 aliphatic carbocycles. The Morgan fingerprint density at radius 2 is 2.22 bits per heavy atom. The van der Waals surface area contributed by atoms with Crippen LogP contribution in [0.1, 0.15) is 10.4 Å². The fourth-order valence-electron chi connectivity index (χ4n) is 3.19. The predicted octanol–water partition coefficient (Wildman–Crippen LogP) is 0.0969. The van der Waals surface area contributed by atoms with Gasteiger partial charge >= 0.3 is 0 Å². The zero-order valence-electron chi connectivity index (χ0n) is 13.0. The lowest BCUT2D eigenvalue weighted by molar-refractivity contribution is -0.125. The van der Waals surface area contributed by atoms with Crippen LogP contribution < -0.4 is 5.32 Å². The van der Waals surface area contributed by atoms with Crippen molar-refractivity contribution in [3.63, 3.8) is 0 Å². The largest absolute Gasteiger partial charge is 0.373 e. The number of rotatable bonds is 3. The number of amides is 2. The molecule has 2 aliphatic rings. The molecule has 2 aliphatic heterocycles. The number of morpholine rings is 1. The number of fused-ring (bicyclic) bond motifs is 1. The smallest absolute Gasteiger partial charge is 0.254 e. The highest BCUT2D eigenvalue weighted by Gasteiger charge is 2.42. The molecule has 6 nitrogen and oxygen atoms in total. The average molecular weight is 321 g/mol. The van der Waals surface area contributed by atoms with Gasteiger partial charge in [-0.15, -0.1) is 0 Å². The molecule has 23 heavy (non-hydrogen) atoms. The second-order valence-electron chi connectivity index (χ2n) is 5.84. The first-order valence-corrected chi connectivity index (χ1v) is 7.69. The Morgan fingerprint density at radius 1 is 1.39 bits per heavy atom. The van der Waals surface area contributed by atoms with Crippen molar-refractivity contribution in [1.82, 2.24) is 15.1 Å². The van der Waals surface area contributed by atoms with E-state index >= 15 is 0 Å². The number of benzene rings is 1. The summed E-state index contributed by atoms with van der Waals surface area (Å²) in [5.41, 5.74) is 0.335. The number of likely N-dealkylation sites (N-methyl/N-ethyl adjacent to an activating group) is 1. The van der Waals surface area contributed by atoms with Crippen molar-refractivity contribution in [2.75, 3.05) is 39.8 Å². The molecule has 1 aromatic carbocycles. The lowest BCUT2D eigenvalue weighted by Gasteiger charge is -2.35. The molecule has 1 N–H and O–H groups in total. The molecule has 2 heterocycles. The van der Waals surface area contributed by atoms with Gasteiger partial charge in [-0.05, 0) is 18.2 Å². The third kappa shape index (κ3) is 3.35.